The Balaban J connectivity index is 2.35. The van der Waals surface area contributed by atoms with Crippen LogP contribution in [0.3, 0.4) is 0 Å². The van der Waals surface area contributed by atoms with E-state index in [1.807, 2.05) is 0 Å². The van der Waals surface area contributed by atoms with Crippen molar-refractivity contribution in [1.82, 2.24) is 10.2 Å². The van der Waals surface area contributed by atoms with Crippen molar-refractivity contribution < 1.29 is 4.79 Å². The van der Waals surface area contributed by atoms with Gasteiger partial charge in [-0.25, -0.2) is 0 Å². The van der Waals surface area contributed by atoms with E-state index in [1.54, 1.807) is 0 Å². The molecule has 1 aromatic carbocycles. The molecule has 0 spiro atoms. The Bertz CT molecular complexity index is 606. The number of hydrogen-bond acceptors (Lipinski definition) is 2. The number of benzene rings is 1. The van der Waals surface area contributed by atoms with E-state index in [0.717, 1.165) is 19.4 Å². The number of unbranched alkanes of at least 4 members (excludes halogenated alkanes) is 1. The largest absolute Gasteiger partial charge is 0.348 e. The van der Waals surface area contributed by atoms with E-state index in [2.05, 4.69) is 81.7 Å². The summed E-state index contributed by atoms with van der Waals surface area (Å²) in [5, 5.41) is 3.27. The predicted octanol–water partition coefficient (Wildman–Crippen LogP) is 4.93. The zero-order valence-electron chi connectivity index (χ0n) is 17.2. The summed E-state index contributed by atoms with van der Waals surface area (Å²) in [6, 6.07) is 10.8. The quantitative estimate of drug-likeness (QED) is 0.703. The molecule has 2 unspecified atom stereocenters. The lowest BCUT2D eigenvalue weighted by molar-refractivity contribution is -0.124. The molecular weight excluding hydrogens is 320 g/mol. The number of likely N-dealkylation sites (tertiary alicyclic amines) is 1. The summed E-state index contributed by atoms with van der Waals surface area (Å²) >= 11 is 0. The second-order valence-corrected chi connectivity index (χ2v) is 8.83. The van der Waals surface area contributed by atoms with Crippen molar-refractivity contribution in [1.29, 1.82) is 0 Å². The Kier molecular flexibility index (Phi) is 6.68. The number of carbonyl (C=O) groups excluding carboxylic acids is 1. The molecule has 1 N–H and O–H groups in total. The predicted molar refractivity (Wildman–Crippen MR) is 110 cm³/mol. The highest BCUT2D eigenvalue weighted by atomic mass is 16.1. The van der Waals surface area contributed by atoms with Crippen molar-refractivity contribution in [3.63, 3.8) is 0 Å². The summed E-state index contributed by atoms with van der Waals surface area (Å²) in [5.74, 6) is 0.416. The summed E-state index contributed by atoms with van der Waals surface area (Å²) in [4.78, 5) is 14.7. The molecule has 1 amide bonds. The number of piperidine rings is 1. The normalized spacial score (nSPS) is 24.8. The van der Waals surface area contributed by atoms with Gasteiger partial charge in [-0.05, 0) is 58.1 Å². The Morgan fingerprint density at radius 2 is 1.92 bits per heavy atom. The van der Waals surface area contributed by atoms with Crippen molar-refractivity contribution in [3.05, 3.63) is 48.6 Å². The van der Waals surface area contributed by atoms with Crippen molar-refractivity contribution in [2.45, 2.75) is 84.0 Å². The standard InChI is InChI=1S/C23H36N2O/c1-7-9-15-19-16-22(3,4)25(17-18-13-11-10-12-14-18)23(5,6)21(19)24-20(26)8-2/h8,10-14,19,21H,2,7,9,15-17H2,1,3-6H3,(H,24,26). The van der Waals surface area contributed by atoms with E-state index >= 15 is 0 Å². The molecule has 0 radical (unpaired) electrons. The Morgan fingerprint density at radius 1 is 1.27 bits per heavy atom. The molecule has 144 valence electrons. The third kappa shape index (κ3) is 4.56. The van der Waals surface area contributed by atoms with Gasteiger partial charge in [0.05, 0.1) is 0 Å². The Labute approximate surface area is 159 Å². The van der Waals surface area contributed by atoms with Crippen LogP contribution in [0, 0.1) is 5.92 Å². The lowest BCUT2D eigenvalue weighted by Crippen LogP contribution is -2.70. The van der Waals surface area contributed by atoms with Crippen molar-refractivity contribution >= 4 is 5.91 Å². The van der Waals surface area contributed by atoms with E-state index in [1.165, 1.54) is 24.5 Å². The van der Waals surface area contributed by atoms with Gasteiger partial charge in [-0.1, -0.05) is 56.7 Å². The lowest BCUT2D eigenvalue weighted by atomic mass is 9.68. The number of rotatable bonds is 7. The number of carbonyl (C=O) groups is 1. The average molecular weight is 357 g/mol. The maximum Gasteiger partial charge on any atom is 0.243 e. The van der Waals surface area contributed by atoms with Crippen LogP contribution in [-0.2, 0) is 11.3 Å². The molecule has 2 atom stereocenters. The van der Waals surface area contributed by atoms with Crippen molar-refractivity contribution in [3.8, 4) is 0 Å². The summed E-state index contributed by atoms with van der Waals surface area (Å²) in [7, 11) is 0. The minimum absolute atomic E-state index is 0.0658. The van der Waals surface area contributed by atoms with Crippen LogP contribution < -0.4 is 5.32 Å². The van der Waals surface area contributed by atoms with Crippen LogP contribution in [0.1, 0.15) is 65.9 Å². The van der Waals surface area contributed by atoms with Gasteiger partial charge in [0, 0.05) is 23.7 Å². The monoisotopic (exact) mass is 356 g/mol. The minimum atomic E-state index is -0.144. The molecule has 1 heterocycles. The van der Waals surface area contributed by atoms with E-state index in [-0.39, 0.29) is 23.0 Å². The lowest BCUT2D eigenvalue weighted by Gasteiger charge is -2.59. The molecule has 3 heteroatoms. The first kappa shape index (κ1) is 20.7. The van der Waals surface area contributed by atoms with Crippen LogP contribution >= 0.6 is 0 Å². The molecule has 1 aliphatic rings. The van der Waals surface area contributed by atoms with Gasteiger partial charge in [0.1, 0.15) is 0 Å². The van der Waals surface area contributed by atoms with Gasteiger partial charge < -0.3 is 5.32 Å². The Morgan fingerprint density at radius 3 is 2.50 bits per heavy atom. The molecule has 1 aromatic rings. The molecule has 1 fully saturated rings. The zero-order chi connectivity index (χ0) is 19.4. The SMILES string of the molecule is C=CC(=O)NC1C(CCCC)CC(C)(C)N(Cc2ccccc2)C1(C)C. The van der Waals surface area contributed by atoms with Crippen LogP contribution in [0.5, 0.6) is 0 Å². The highest BCUT2D eigenvalue weighted by Gasteiger charge is 2.51. The number of nitrogens with one attached hydrogen (secondary N) is 1. The van der Waals surface area contributed by atoms with Gasteiger partial charge in [-0.3, -0.25) is 9.69 Å². The third-order valence-corrected chi connectivity index (χ3v) is 6.02. The highest BCUT2D eigenvalue weighted by Crippen LogP contribution is 2.44. The molecule has 26 heavy (non-hydrogen) atoms. The molecule has 2 rings (SSSR count). The molecule has 0 bridgehead atoms. The molecule has 3 nitrogen and oxygen atoms in total. The fraction of sp³-hybridized carbons (Fsp3) is 0.609. The van der Waals surface area contributed by atoms with Gasteiger partial charge in [-0.2, -0.15) is 0 Å². The average Bonchev–Trinajstić information content (AvgIpc) is 2.60. The smallest absolute Gasteiger partial charge is 0.243 e. The fourth-order valence-corrected chi connectivity index (χ4v) is 4.82. The molecule has 1 saturated heterocycles. The minimum Gasteiger partial charge on any atom is -0.348 e. The molecule has 0 aliphatic carbocycles. The summed E-state index contributed by atoms with van der Waals surface area (Å²) in [6.07, 6.45) is 6.04. The second kappa shape index (κ2) is 8.39. The van der Waals surface area contributed by atoms with Crippen LogP contribution in [0.4, 0.5) is 0 Å². The van der Waals surface area contributed by atoms with Gasteiger partial charge in [0.2, 0.25) is 5.91 Å². The van der Waals surface area contributed by atoms with Crippen molar-refractivity contribution in [2.75, 3.05) is 0 Å². The van der Waals surface area contributed by atoms with E-state index < -0.39 is 0 Å². The maximum atomic E-state index is 12.2. The first-order valence-corrected chi connectivity index (χ1v) is 9.97. The van der Waals surface area contributed by atoms with Gasteiger partial charge in [0.15, 0.2) is 0 Å². The van der Waals surface area contributed by atoms with Crippen LogP contribution in [0.2, 0.25) is 0 Å². The summed E-state index contributed by atoms with van der Waals surface area (Å²) < 4.78 is 0. The molecule has 0 aromatic heterocycles. The topological polar surface area (TPSA) is 32.3 Å². The van der Waals surface area contributed by atoms with Crippen LogP contribution in [-0.4, -0.2) is 27.9 Å². The second-order valence-electron chi connectivity index (χ2n) is 8.83. The fourth-order valence-electron chi connectivity index (χ4n) is 4.82. The number of nitrogens with zero attached hydrogens (tertiary/aromatic N) is 1. The van der Waals surface area contributed by atoms with Crippen molar-refractivity contribution in [2.24, 2.45) is 5.92 Å². The van der Waals surface area contributed by atoms with E-state index in [4.69, 9.17) is 0 Å². The number of amides is 1. The first-order valence-electron chi connectivity index (χ1n) is 9.97. The molecule has 0 saturated carbocycles. The van der Waals surface area contributed by atoms with Gasteiger partial charge in [0.25, 0.3) is 0 Å². The summed E-state index contributed by atoms with van der Waals surface area (Å²) in [6.45, 7) is 16.0. The maximum absolute atomic E-state index is 12.2. The van der Waals surface area contributed by atoms with Crippen LogP contribution in [0.25, 0.3) is 0 Å². The van der Waals surface area contributed by atoms with E-state index in [9.17, 15) is 4.79 Å². The van der Waals surface area contributed by atoms with Crippen LogP contribution in [0.15, 0.2) is 43.0 Å². The Hall–Kier alpha value is -1.61. The molecule has 1 aliphatic heterocycles. The molecular formula is C23H36N2O. The zero-order valence-corrected chi connectivity index (χ0v) is 17.2. The summed E-state index contributed by atoms with van der Waals surface area (Å²) in [5.41, 5.74) is 1.25. The van der Waals surface area contributed by atoms with E-state index in [0.29, 0.717) is 5.92 Å². The van der Waals surface area contributed by atoms with Gasteiger partial charge >= 0.3 is 0 Å². The van der Waals surface area contributed by atoms with Gasteiger partial charge in [-0.15, -0.1) is 0 Å². The first-order chi connectivity index (χ1) is 12.2. The number of hydrogen-bond donors (Lipinski definition) is 1. The third-order valence-electron chi connectivity index (χ3n) is 6.02. The highest BCUT2D eigenvalue weighted by molar-refractivity contribution is 5.87.